The SMILES string of the molecule is COc1ccc(/C=N\NC(=O)C(=O)Nc2ccc(C)cc2)cc1C(=O)[O-]. The molecule has 2 aromatic rings. The summed E-state index contributed by atoms with van der Waals surface area (Å²) in [7, 11) is 1.34. The molecule has 2 aromatic carbocycles. The third-order valence-electron chi connectivity index (χ3n) is 3.34. The van der Waals surface area contributed by atoms with Crippen molar-refractivity contribution in [3.05, 3.63) is 59.2 Å². The standard InChI is InChI=1S/C18H17N3O5/c1-11-3-6-13(7-4-11)20-16(22)17(23)21-19-10-12-5-8-15(26-2)14(9-12)18(24)25/h3-10H,1-2H3,(H,20,22)(H,21,23)(H,24,25)/p-1/b19-10-. The predicted octanol–water partition coefficient (Wildman–Crippen LogP) is 0.456. The molecule has 0 saturated heterocycles. The Morgan fingerprint density at radius 2 is 1.77 bits per heavy atom. The first-order valence-corrected chi connectivity index (χ1v) is 7.51. The lowest BCUT2D eigenvalue weighted by Crippen LogP contribution is -2.32. The van der Waals surface area contributed by atoms with Gasteiger partial charge in [0.05, 0.1) is 19.3 Å². The highest BCUT2D eigenvalue weighted by molar-refractivity contribution is 6.39. The van der Waals surface area contributed by atoms with Gasteiger partial charge in [-0.05, 0) is 42.8 Å². The van der Waals surface area contributed by atoms with Crippen LogP contribution in [0.25, 0.3) is 0 Å². The molecule has 134 valence electrons. The smallest absolute Gasteiger partial charge is 0.329 e. The van der Waals surface area contributed by atoms with Crippen molar-refractivity contribution in [3.63, 3.8) is 0 Å². The Hall–Kier alpha value is -3.68. The summed E-state index contributed by atoms with van der Waals surface area (Å²) < 4.78 is 4.91. The fourth-order valence-electron chi connectivity index (χ4n) is 2.01. The molecule has 0 aromatic heterocycles. The zero-order valence-corrected chi connectivity index (χ0v) is 14.1. The number of aryl methyl sites for hydroxylation is 1. The summed E-state index contributed by atoms with van der Waals surface area (Å²) in [4.78, 5) is 34.5. The van der Waals surface area contributed by atoms with E-state index in [1.807, 2.05) is 6.92 Å². The van der Waals surface area contributed by atoms with Crippen LogP contribution in [-0.2, 0) is 9.59 Å². The number of anilines is 1. The highest BCUT2D eigenvalue weighted by Gasteiger charge is 2.12. The molecule has 0 fully saturated rings. The number of nitrogens with one attached hydrogen (secondary N) is 2. The molecule has 26 heavy (non-hydrogen) atoms. The van der Waals surface area contributed by atoms with Gasteiger partial charge in [-0.1, -0.05) is 17.7 Å². The molecule has 0 heterocycles. The number of hydrogen-bond donors (Lipinski definition) is 2. The molecule has 0 aliphatic carbocycles. The van der Waals surface area contributed by atoms with E-state index in [-0.39, 0.29) is 11.3 Å². The van der Waals surface area contributed by atoms with Crippen molar-refractivity contribution >= 4 is 29.7 Å². The van der Waals surface area contributed by atoms with Crippen LogP contribution in [0.3, 0.4) is 0 Å². The lowest BCUT2D eigenvalue weighted by Gasteiger charge is -2.09. The molecule has 2 N–H and O–H groups in total. The number of aromatic carboxylic acids is 1. The van der Waals surface area contributed by atoms with Gasteiger partial charge >= 0.3 is 11.8 Å². The summed E-state index contributed by atoms with van der Waals surface area (Å²) in [6.45, 7) is 1.90. The summed E-state index contributed by atoms with van der Waals surface area (Å²) in [6, 6.07) is 11.2. The van der Waals surface area contributed by atoms with Crippen molar-refractivity contribution in [1.82, 2.24) is 5.43 Å². The third-order valence-corrected chi connectivity index (χ3v) is 3.34. The van der Waals surface area contributed by atoms with Gasteiger partial charge in [0.25, 0.3) is 0 Å². The Labute approximate surface area is 149 Å². The third kappa shape index (κ3) is 4.91. The number of amides is 2. The molecule has 8 heteroatoms. The van der Waals surface area contributed by atoms with Gasteiger partial charge in [0.1, 0.15) is 5.75 Å². The van der Waals surface area contributed by atoms with Gasteiger partial charge in [-0.2, -0.15) is 5.10 Å². The number of hydrazone groups is 1. The molecule has 2 amide bonds. The largest absolute Gasteiger partial charge is 0.545 e. The normalized spacial score (nSPS) is 10.4. The van der Waals surface area contributed by atoms with Gasteiger partial charge in [-0.15, -0.1) is 0 Å². The molecule has 0 radical (unpaired) electrons. The van der Waals surface area contributed by atoms with E-state index in [1.165, 1.54) is 31.5 Å². The summed E-state index contributed by atoms with van der Waals surface area (Å²) in [6.07, 6.45) is 1.20. The molecule has 0 bridgehead atoms. The number of nitrogens with zero attached hydrogens (tertiary/aromatic N) is 1. The second kappa shape index (κ2) is 8.43. The van der Waals surface area contributed by atoms with Crippen LogP contribution in [0.4, 0.5) is 5.69 Å². The highest BCUT2D eigenvalue weighted by Crippen LogP contribution is 2.18. The monoisotopic (exact) mass is 354 g/mol. The Balaban J connectivity index is 1.97. The number of benzene rings is 2. The molecule has 0 unspecified atom stereocenters. The number of methoxy groups -OCH3 is 1. The average Bonchev–Trinajstić information content (AvgIpc) is 2.63. The molecular formula is C18H16N3O5-. The van der Waals surface area contributed by atoms with E-state index >= 15 is 0 Å². The maximum absolute atomic E-state index is 11.8. The number of carboxylic acids is 1. The van der Waals surface area contributed by atoms with Crippen LogP contribution < -0.4 is 20.6 Å². The summed E-state index contributed by atoms with van der Waals surface area (Å²) >= 11 is 0. The number of ether oxygens (including phenoxy) is 1. The van der Waals surface area contributed by atoms with Crippen LogP contribution in [0, 0.1) is 6.92 Å². The van der Waals surface area contributed by atoms with Crippen molar-refractivity contribution in [2.75, 3.05) is 12.4 Å². The minimum atomic E-state index is -1.40. The maximum Gasteiger partial charge on any atom is 0.329 e. The molecular weight excluding hydrogens is 338 g/mol. The minimum Gasteiger partial charge on any atom is -0.545 e. The van der Waals surface area contributed by atoms with Crippen LogP contribution in [-0.4, -0.2) is 31.1 Å². The minimum absolute atomic E-state index is 0.142. The lowest BCUT2D eigenvalue weighted by molar-refractivity contribution is -0.255. The molecule has 0 saturated carbocycles. The fourth-order valence-corrected chi connectivity index (χ4v) is 2.01. The maximum atomic E-state index is 11.8. The number of carboxylic acid groups (broad SMARTS) is 1. The summed E-state index contributed by atoms with van der Waals surface area (Å²) in [5.74, 6) is -3.10. The number of carbonyl (C=O) groups is 3. The number of carbonyl (C=O) groups excluding carboxylic acids is 3. The van der Waals surface area contributed by atoms with Gasteiger partial charge < -0.3 is 20.0 Å². The predicted molar refractivity (Wildman–Crippen MR) is 92.9 cm³/mol. The van der Waals surface area contributed by atoms with E-state index in [1.54, 1.807) is 24.3 Å². The van der Waals surface area contributed by atoms with Crippen molar-refractivity contribution < 1.29 is 24.2 Å². The van der Waals surface area contributed by atoms with Gasteiger partial charge in [0, 0.05) is 11.3 Å². The van der Waals surface area contributed by atoms with Crippen molar-refractivity contribution in [2.45, 2.75) is 6.92 Å². The molecule has 2 rings (SSSR count). The Morgan fingerprint density at radius 1 is 1.08 bits per heavy atom. The van der Waals surface area contributed by atoms with Gasteiger partial charge in [-0.25, -0.2) is 5.43 Å². The topological polar surface area (TPSA) is 120 Å². The fraction of sp³-hybridized carbons (Fsp3) is 0.111. The Morgan fingerprint density at radius 3 is 2.38 bits per heavy atom. The first-order valence-electron chi connectivity index (χ1n) is 7.51. The van der Waals surface area contributed by atoms with E-state index in [9.17, 15) is 19.5 Å². The quantitative estimate of drug-likeness (QED) is 0.459. The average molecular weight is 354 g/mol. The highest BCUT2D eigenvalue weighted by atomic mass is 16.5. The lowest BCUT2D eigenvalue weighted by atomic mass is 10.1. The van der Waals surface area contributed by atoms with E-state index in [0.29, 0.717) is 11.3 Å². The zero-order chi connectivity index (χ0) is 19.1. The first kappa shape index (κ1) is 18.7. The van der Waals surface area contributed by atoms with E-state index in [2.05, 4.69) is 15.8 Å². The van der Waals surface area contributed by atoms with Crippen LogP contribution in [0.5, 0.6) is 5.75 Å². The van der Waals surface area contributed by atoms with Crippen LogP contribution in [0.2, 0.25) is 0 Å². The van der Waals surface area contributed by atoms with Crippen molar-refractivity contribution in [2.24, 2.45) is 5.10 Å². The van der Waals surface area contributed by atoms with Gasteiger partial charge in [0.15, 0.2) is 0 Å². The molecule has 0 aliphatic heterocycles. The molecule has 0 spiro atoms. The molecule has 0 aliphatic rings. The van der Waals surface area contributed by atoms with Gasteiger partial charge in [-0.3, -0.25) is 9.59 Å². The Bertz CT molecular complexity index is 860. The zero-order valence-electron chi connectivity index (χ0n) is 14.1. The Kier molecular flexibility index (Phi) is 6.05. The molecule has 0 atom stereocenters. The second-order valence-electron chi connectivity index (χ2n) is 5.27. The van der Waals surface area contributed by atoms with E-state index < -0.39 is 17.8 Å². The number of rotatable bonds is 5. The summed E-state index contributed by atoms with van der Waals surface area (Å²) in [5, 5.41) is 17.1. The van der Waals surface area contributed by atoms with E-state index in [0.717, 1.165) is 5.56 Å². The van der Waals surface area contributed by atoms with Crippen LogP contribution in [0.1, 0.15) is 21.5 Å². The van der Waals surface area contributed by atoms with E-state index in [4.69, 9.17) is 4.74 Å². The van der Waals surface area contributed by atoms with Gasteiger partial charge in [0.2, 0.25) is 0 Å². The second-order valence-corrected chi connectivity index (χ2v) is 5.27. The molecule has 8 nitrogen and oxygen atoms in total. The first-order chi connectivity index (χ1) is 12.4. The number of hydrogen-bond acceptors (Lipinski definition) is 6. The van der Waals surface area contributed by atoms with Crippen LogP contribution in [0.15, 0.2) is 47.6 Å². The van der Waals surface area contributed by atoms with Crippen molar-refractivity contribution in [1.29, 1.82) is 0 Å². The van der Waals surface area contributed by atoms with Crippen molar-refractivity contribution in [3.8, 4) is 5.75 Å². The summed E-state index contributed by atoms with van der Waals surface area (Å²) in [5.41, 5.74) is 3.79. The van der Waals surface area contributed by atoms with Crippen LogP contribution >= 0.6 is 0 Å².